The van der Waals surface area contributed by atoms with Gasteiger partial charge in [-0.15, -0.1) is 0 Å². The van der Waals surface area contributed by atoms with Crippen molar-refractivity contribution < 1.29 is 0 Å². The fourth-order valence-corrected chi connectivity index (χ4v) is 2.81. The van der Waals surface area contributed by atoms with Crippen LogP contribution in [0.5, 0.6) is 0 Å². The first-order chi connectivity index (χ1) is 9.56. The van der Waals surface area contributed by atoms with Gasteiger partial charge in [-0.25, -0.2) is 4.79 Å². The van der Waals surface area contributed by atoms with E-state index in [9.17, 15) is 9.59 Å². The monoisotopic (exact) mass is 280 g/mol. The van der Waals surface area contributed by atoms with Crippen LogP contribution in [0.15, 0.2) is 9.59 Å². The number of nitrogen functional groups attached to an aromatic ring is 1. The van der Waals surface area contributed by atoms with Gasteiger partial charge < -0.3 is 11.1 Å². The summed E-state index contributed by atoms with van der Waals surface area (Å²) in [5.74, 6) is 0.269. The van der Waals surface area contributed by atoms with Gasteiger partial charge in [0, 0.05) is 19.6 Å². The highest BCUT2D eigenvalue weighted by Crippen LogP contribution is 2.22. The maximum atomic E-state index is 12.2. The van der Waals surface area contributed by atoms with Gasteiger partial charge in [-0.1, -0.05) is 26.2 Å². The summed E-state index contributed by atoms with van der Waals surface area (Å²) in [6, 6.07) is 0.284. The van der Waals surface area contributed by atoms with Gasteiger partial charge in [0.25, 0.3) is 5.56 Å². The van der Waals surface area contributed by atoms with Crippen LogP contribution in [0.25, 0.3) is 0 Å². The summed E-state index contributed by atoms with van der Waals surface area (Å²) in [6.07, 6.45) is 6.50. The lowest BCUT2D eigenvalue weighted by Gasteiger charge is -2.25. The molecule has 6 nitrogen and oxygen atoms in total. The van der Waals surface area contributed by atoms with Crippen LogP contribution < -0.4 is 22.3 Å². The second-order valence-electron chi connectivity index (χ2n) is 5.54. The van der Waals surface area contributed by atoms with Crippen molar-refractivity contribution in [3.8, 4) is 0 Å². The van der Waals surface area contributed by atoms with Crippen LogP contribution >= 0.6 is 0 Å². The van der Waals surface area contributed by atoms with Gasteiger partial charge in [0.15, 0.2) is 0 Å². The van der Waals surface area contributed by atoms with Crippen LogP contribution in [0.2, 0.25) is 0 Å². The van der Waals surface area contributed by atoms with Crippen LogP contribution in [0, 0.1) is 0 Å². The molecule has 0 radical (unpaired) electrons. The van der Waals surface area contributed by atoms with Gasteiger partial charge in [-0.2, -0.15) is 0 Å². The molecule has 0 bridgehead atoms. The maximum Gasteiger partial charge on any atom is 0.332 e. The van der Waals surface area contributed by atoms with E-state index in [0.717, 1.165) is 23.8 Å². The van der Waals surface area contributed by atoms with E-state index < -0.39 is 0 Å². The van der Waals surface area contributed by atoms with E-state index in [0.29, 0.717) is 12.2 Å². The van der Waals surface area contributed by atoms with Crippen LogP contribution in [0.3, 0.4) is 0 Å². The maximum absolute atomic E-state index is 12.2. The predicted molar refractivity (Wildman–Crippen MR) is 81.1 cm³/mol. The average Bonchev–Trinajstić information content (AvgIpc) is 2.47. The highest BCUT2D eigenvalue weighted by atomic mass is 16.2. The summed E-state index contributed by atoms with van der Waals surface area (Å²) in [6.45, 7) is 2.50. The molecular formula is C14H24N4O2. The van der Waals surface area contributed by atoms with E-state index in [1.807, 2.05) is 6.92 Å². The largest absolute Gasteiger partial charge is 0.383 e. The Morgan fingerprint density at radius 1 is 1.25 bits per heavy atom. The van der Waals surface area contributed by atoms with Crippen molar-refractivity contribution in [1.82, 2.24) is 9.13 Å². The van der Waals surface area contributed by atoms with Gasteiger partial charge in [0.2, 0.25) is 0 Å². The Kier molecular flexibility index (Phi) is 4.52. The number of hydrogen-bond acceptors (Lipinski definition) is 4. The highest BCUT2D eigenvalue weighted by molar-refractivity contribution is 5.61. The Morgan fingerprint density at radius 3 is 2.50 bits per heavy atom. The molecule has 1 saturated carbocycles. The Bertz CT molecular complexity index is 582. The van der Waals surface area contributed by atoms with Crippen molar-refractivity contribution in [3.63, 3.8) is 0 Å². The summed E-state index contributed by atoms with van der Waals surface area (Å²) in [5.41, 5.74) is 5.75. The molecule has 20 heavy (non-hydrogen) atoms. The Hall–Kier alpha value is -1.72. The molecule has 0 atom stereocenters. The van der Waals surface area contributed by atoms with Gasteiger partial charge >= 0.3 is 5.69 Å². The van der Waals surface area contributed by atoms with E-state index in [1.54, 1.807) is 0 Å². The summed E-state index contributed by atoms with van der Waals surface area (Å²) < 4.78 is 2.61. The minimum absolute atomic E-state index is 0.269. The third kappa shape index (κ3) is 2.73. The summed E-state index contributed by atoms with van der Waals surface area (Å²) in [5, 5.41) is 3.27. The number of aromatic nitrogens is 2. The number of hydrogen-bond donors (Lipinski definition) is 2. The molecule has 0 saturated heterocycles. The molecule has 3 N–H and O–H groups in total. The van der Waals surface area contributed by atoms with Crippen molar-refractivity contribution in [2.24, 2.45) is 7.05 Å². The average molecular weight is 280 g/mol. The fraction of sp³-hybridized carbons (Fsp3) is 0.714. The van der Waals surface area contributed by atoms with Crippen LogP contribution in [-0.2, 0) is 13.6 Å². The predicted octanol–water partition coefficient (Wildman–Crippen LogP) is 1.28. The molecule has 0 aromatic carbocycles. The first kappa shape index (κ1) is 14.7. The zero-order valence-electron chi connectivity index (χ0n) is 12.3. The van der Waals surface area contributed by atoms with E-state index in [-0.39, 0.29) is 23.1 Å². The minimum atomic E-state index is -0.344. The van der Waals surface area contributed by atoms with Crippen molar-refractivity contribution in [1.29, 1.82) is 0 Å². The Labute approximate surface area is 118 Å². The zero-order valence-corrected chi connectivity index (χ0v) is 12.3. The third-order valence-electron chi connectivity index (χ3n) is 3.98. The molecule has 1 aromatic rings. The summed E-state index contributed by atoms with van der Waals surface area (Å²) in [7, 11) is 1.50. The minimum Gasteiger partial charge on any atom is -0.383 e. The lowest BCUT2D eigenvalue weighted by atomic mass is 9.95. The molecule has 6 heteroatoms. The fourth-order valence-electron chi connectivity index (χ4n) is 2.81. The molecule has 2 rings (SSSR count). The molecule has 1 fully saturated rings. The second-order valence-corrected chi connectivity index (χ2v) is 5.54. The van der Waals surface area contributed by atoms with E-state index in [2.05, 4.69) is 5.32 Å². The standard InChI is InChI=1S/C14H24N4O2/c1-3-9-18-12(15)11(13(19)17(2)14(18)20)16-10-7-5-4-6-8-10/h10,16H,3-9,15H2,1-2H3. The summed E-state index contributed by atoms with van der Waals surface area (Å²) >= 11 is 0. The first-order valence-corrected chi connectivity index (χ1v) is 7.42. The normalized spacial score (nSPS) is 16.3. The number of rotatable bonds is 4. The molecule has 0 spiro atoms. The first-order valence-electron chi connectivity index (χ1n) is 7.42. The topological polar surface area (TPSA) is 82.0 Å². The zero-order chi connectivity index (χ0) is 14.7. The van der Waals surface area contributed by atoms with Crippen molar-refractivity contribution in [2.75, 3.05) is 11.1 Å². The summed E-state index contributed by atoms with van der Waals surface area (Å²) in [4.78, 5) is 24.3. The molecule has 1 aliphatic rings. The van der Waals surface area contributed by atoms with Gasteiger partial charge in [0.05, 0.1) is 0 Å². The molecule has 1 aliphatic carbocycles. The quantitative estimate of drug-likeness (QED) is 0.870. The number of nitrogens with two attached hydrogens (primary N) is 1. The van der Waals surface area contributed by atoms with Gasteiger partial charge in [-0.3, -0.25) is 13.9 Å². The van der Waals surface area contributed by atoms with Crippen LogP contribution in [0.1, 0.15) is 45.4 Å². The van der Waals surface area contributed by atoms with Gasteiger partial charge in [0.1, 0.15) is 11.5 Å². The molecule has 0 unspecified atom stereocenters. The molecule has 1 heterocycles. The van der Waals surface area contributed by atoms with Crippen LogP contribution in [-0.4, -0.2) is 15.2 Å². The third-order valence-corrected chi connectivity index (χ3v) is 3.98. The molecule has 1 aromatic heterocycles. The molecule has 0 amide bonds. The molecular weight excluding hydrogens is 256 g/mol. The molecule has 112 valence electrons. The van der Waals surface area contributed by atoms with Crippen molar-refractivity contribution in [2.45, 2.75) is 58.0 Å². The van der Waals surface area contributed by atoms with Crippen molar-refractivity contribution in [3.05, 3.63) is 20.8 Å². The number of anilines is 2. The Morgan fingerprint density at radius 2 is 1.90 bits per heavy atom. The smallest absolute Gasteiger partial charge is 0.332 e. The Balaban J connectivity index is 2.41. The van der Waals surface area contributed by atoms with E-state index in [1.165, 1.54) is 30.9 Å². The lowest BCUT2D eigenvalue weighted by Crippen LogP contribution is -2.42. The van der Waals surface area contributed by atoms with E-state index >= 15 is 0 Å². The second kappa shape index (κ2) is 6.15. The van der Waals surface area contributed by atoms with Crippen molar-refractivity contribution >= 4 is 11.5 Å². The van der Waals surface area contributed by atoms with Gasteiger partial charge in [-0.05, 0) is 19.3 Å². The SMILES string of the molecule is CCCn1c(N)c(NC2CCCCC2)c(=O)n(C)c1=O. The van der Waals surface area contributed by atoms with E-state index in [4.69, 9.17) is 5.73 Å². The van der Waals surface area contributed by atoms with Crippen LogP contribution in [0.4, 0.5) is 11.5 Å². The lowest BCUT2D eigenvalue weighted by molar-refractivity contribution is 0.461. The number of nitrogens with one attached hydrogen (secondary N) is 1. The molecule has 0 aliphatic heterocycles. The number of nitrogens with zero attached hydrogens (tertiary/aromatic N) is 2. The highest BCUT2D eigenvalue weighted by Gasteiger charge is 2.19.